The monoisotopic (exact) mass is 454 g/mol. The predicted octanol–water partition coefficient (Wildman–Crippen LogP) is 4.43. The van der Waals surface area contributed by atoms with Crippen molar-refractivity contribution >= 4 is 23.3 Å². The second-order valence-corrected chi connectivity index (χ2v) is 8.91. The first kappa shape index (κ1) is 20.7. The van der Waals surface area contributed by atoms with E-state index < -0.39 is 5.54 Å². The zero-order valence-electron chi connectivity index (χ0n) is 18.0. The first-order valence-electron chi connectivity index (χ1n) is 10.5. The van der Waals surface area contributed by atoms with Gasteiger partial charge in [-0.05, 0) is 37.0 Å². The molecule has 9 nitrogen and oxygen atoms in total. The molecule has 2 bridgehead atoms. The summed E-state index contributed by atoms with van der Waals surface area (Å²) in [6.45, 7) is 3.95. The Balaban J connectivity index is 1.41. The highest BCUT2D eigenvalue weighted by Crippen LogP contribution is 2.55. The van der Waals surface area contributed by atoms with Gasteiger partial charge in [-0.3, -0.25) is 0 Å². The van der Waals surface area contributed by atoms with Crippen LogP contribution in [0.15, 0.2) is 35.0 Å². The van der Waals surface area contributed by atoms with Gasteiger partial charge in [0.05, 0.1) is 24.5 Å². The SMILES string of the molecule is COc1cnc(-c2cc(NC(=O)N3[C@H]4C[C@@H](C)C[C@]3(c3nnc(C)o3)C4)ccc2Cl)nc1. The fraction of sp³-hybridized carbons (Fsp3) is 0.409. The molecule has 1 aromatic carbocycles. The van der Waals surface area contributed by atoms with E-state index in [1.165, 1.54) is 0 Å². The van der Waals surface area contributed by atoms with Gasteiger partial charge in [0.1, 0.15) is 5.54 Å². The van der Waals surface area contributed by atoms with E-state index >= 15 is 0 Å². The number of anilines is 1. The highest BCUT2D eigenvalue weighted by atomic mass is 35.5. The maximum Gasteiger partial charge on any atom is 0.323 e. The summed E-state index contributed by atoms with van der Waals surface area (Å²) in [6.07, 6.45) is 5.72. The molecule has 0 radical (unpaired) electrons. The van der Waals surface area contributed by atoms with E-state index in [0.717, 1.165) is 19.3 Å². The van der Waals surface area contributed by atoms with Crippen LogP contribution < -0.4 is 10.1 Å². The number of methoxy groups -OCH3 is 1. The lowest BCUT2D eigenvalue weighted by Gasteiger charge is -2.61. The van der Waals surface area contributed by atoms with Crippen molar-refractivity contribution in [1.82, 2.24) is 25.1 Å². The summed E-state index contributed by atoms with van der Waals surface area (Å²) < 4.78 is 10.9. The van der Waals surface area contributed by atoms with Crippen molar-refractivity contribution in [1.29, 1.82) is 0 Å². The number of carbonyl (C=O) groups is 1. The van der Waals surface area contributed by atoms with Crippen molar-refractivity contribution in [3.05, 3.63) is 47.4 Å². The van der Waals surface area contributed by atoms with E-state index in [1.807, 2.05) is 4.90 Å². The molecule has 2 aliphatic rings. The first-order chi connectivity index (χ1) is 15.4. The van der Waals surface area contributed by atoms with Gasteiger partial charge in [-0.1, -0.05) is 18.5 Å². The van der Waals surface area contributed by atoms with E-state index in [9.17, 15) is 4.79 Å². The van der Waals surface area contributed by atoms with Gasteiger partial charge >= 0.3 is 6.03 Å². The second-order valence-electron chi connectivity index (χ2n) is 8.50. The van der Waals surface area contributed by atoms with E-state index in [4.69, 9.17) is 20.8 Å². The maximum atomic E-state index is 13.4. The lowest BCUT2D eigenvalue weighted by atomic mass is 9.64. The van der Waals surface area contributed by atoms with Crippen molar-refractivity contribution in [2.24, 2.45) is 5.92 Å². The van der Waals surface area contributed by atoms with Crippen LogP contribution in [-0.2, 0) is 5.54 Å². The van der Waals surface area contributed by atoms with Crippen LogP contribution in [0.3, 0.4) is 0 Å². The highest BCUT2D eigenvalue weighted by molar-refractivity contribution is 6.33. The Morgan fingerprint density at radius 2 is 2.06 bits per heavy atom. The van der Waals surface area contributed by atoms with Crippen LogP contribution in [-0.4, -0.2) is 44.2 Å². The number of piperidine rings is 1. The Hall–Kier alpha value is -3.20. The molecule has 166 valence electrons. The van der Waals surface area contributed by atoms with Gasteiger partial charge in [0.2, 0.25) is 11.8 Å². The van der Waals surface area contributed by atoms with E-state index in [0.29, 0.717) is 45.5 Å². The topological polar surface area (TPSA) is 106 Å². The van der Waals surface area contributed by atoms with Crippen LogP contribution in [0.4, 0.5) is 10.5 Å². The summed E-state index contributed by atoms with van der Waals surface area (Å²) in [5.41, 5.74) is 0.664. The van der Waals surface area contributed by atoms with Crippen LogP contribution >= 0.6 is 11.6 Å². The van der Waals surface area contributed by atoms with Crippen molar-refractivity contribution in [3.8, 4) is 17.1 Å². The van der Waals surface area contributed by atoms with Crippen LogP contribution in [0.5, 0.6) is 5.75 Å². The average molecular weight is 455 g/mol. The molecular weight excluding hydrogens is 432 g/mol. The second kappa shape index (κ2) is 7.74. The molecule has 4 heterocycles. The van der Waals surface area contributed by atoms with Crippen LogP contribution in [0.2, 0.25) is 5.02 Å². The van der Waals surface area contributed by atoms with E-state index in [-0.39, 0.29) is 12.1 Å². The third-order valence-corrected chi connectivity index (χ3v) is 6.56. The number of carbonyl (C=O) groups excluding carboxylic acids is 1. The molecular formula is C22H23ClN6O3. The molecule has 2 aliphatic heterocycles. The molecule has 32 heavy (non-hydrogen) atoms. The number of ether oxygens (including phenoxy) is 1. The Morgan fingerprint density at radius 3 is 2.75 bits per heavy atom. The predicted molar refractivity (Wildman–Crippen MR) is 117 cm³/mol. The molecule has 3 aromatic rings. The minimum absolute atomic E-state index is 0.141. The van der Waals surface area contributed by atoms with Crippen LogP contribution in [0.1, 0.15) is 38.0 Å². The highest BCUT2D eigenvalue weighted by Gasteiger charge is 2.62. The number of aryl methyl sites for hydroxylation is 1. The number of aromatic nitrogens is 4. The number of hydrogen-bond acceptors (Lipinski definition) is 7. The van der Waals surface area contributed by atoms with Crippen LogP contribution in [0, 0.1) is 12.8 Å². The van der Waals surface area contributed by atoms with E-state index in [1.54, 1.807) is 44.6 Å². The van der Waals surface area contributed by atoms with Gasteiger partial charge in [0.15, 0.2) is 11.6 Å². The Morgan fingerprint density at radius 1 is 1.28 bits per heavy atom. The van der Waals surface area contributed by atoms with Gasteiger partial charge in [-0.25, -0.2) is 14.8 Å². The number of urea groups is 1. The summed E-state index contributed by atoms with van der Waals surface area (Å²) in [7, 11) is 1.55. The normalized spacial score (nSPS) is 24.1. The van der Waals surface area contributed by atoms with Gasteiger partial charge in [-0.15, -0.1) is 10.2 Å². The fourth-order valence-corrected chi connectivity index (χ4v) is 5.15. The van der Waals surface area contributed by atoms with Gasteiger partial charge in [-0.2, -0.15) is 0 Å². The summed E-state index contributed by atoms with van der Waals surface area (Å²) in [4.78, 5) is 23.8. The van der Waals surface area contributed by atoms with Crippen molar-refractivity contribution in [3.63, 3.8) is 0 Å². The zero-order valence-corrected chi connectivity index (χ0v) is 18.8. The number of fused-ring (bicyclic) bond motifs is 2. The maximum absolute atomic E-state index is 13.4. The number of benzene rings is 1. The number of rotatable bonds is 4. The van der Waals surface area contributed by atoms with Crippen molar-refractivity contribution < 1.29 is 13.9 Å². The van der Waals surface area contributed by atoms with Crippen molar-refractivity contribution in [2.45, 2.75) is 44.7 Å². The third-order valence-electron chi connectivity index (χ3n) is 6.23. The number of hydrogen-bond donors (Lipinski definition) is 1. The number of amides is 2. The fourth-order valence-electron chi connectivity index (χ4n) is 4.95. The van der Waals surface area contributed by atoms with Gasteiger partial charge in [0.25, 0.3) is 0 Å². The molecule has 2 saturated heterocycles. The first-order valence-corrected chi connectivity index (χ1v) is 10.8. The minimum atomic E-state index is -0.554. The third kappa shape index (κ3) is 3.37. The molecule has 2 amide bonds. The molecule has 0 aliphatic carbocycles. The Kier molecular flexibility index (Phi) is 5.00. The smallest absolute Gasteiger partial charge is 0.323 e. The Bertz CT molecular complexity index is 1170. The molecule has 1 N–H and O–H groups in total. The summed E-state index contributed by atoms with van der Waals surface area (Å²) >= 11 is 6.38. The largest absolute Gasteiger partial charge is 0.494 e. The van der Waals surface area contributed by atoms with Gasteiger partial charge < -0.3 is 19.4 Å². The molecule has 5 rings (SSSR count). The molecule has 10 heteroatoms. The van der Waals surface area contributed by atoms with Crippen LogP contribution in [0.25, 0.3) is 11.4 Å². The number of nitrogens with zero attached hydrogens (tertiary/aromatic N) is 5. The molecule has 0 saturated carbocycles. The Labute approximate surface area is 190 Å². The number of nitrogens with one attached hydrogen (secondary N) is 1. The molecule has 3 atom stereocenters. The van der Waals surface area contributed by atoms with E-state index in [2.05, 4.69) is 32.4 Å². The lowest BCUT2D eigenvalue weighted by molar-refractivity contribution is -0.110. The zero-order chi connectivity index (χ0) is 22.5. The summed E-state index contributed by atoms with van der Waals surface area (Å²) in [5.74, 6) is 2.47. The standard InChI is InChI=1S/C22H23ClN6O3/c1-12-6-15-9-22(8-12,20-28-27-13(2)32-20)29(15)21(30)26-14-4-5-18(23)17(7-14)19-24-10-16(31-3)11-25-19/h4-5,7,10-12,15H,6,8-9H2,1-3H3,(H,26,30)/t12-,15+,22-/m1/s1. The lowest BCUT2D eigenvalue weighted by Crippen LogP contribution is -2.70. The minimum Gasteiger partial charge on any atom is -0.494 e. The number of halogens is 1. The van der Waals surface area contributed by atoms with Gasteiger partial charge in [0, 0.05) is 30.6 Å². The quantitative estimate of drug-likeness (QED) is 0.621. The molecule has 0 unspecified atom stereocenters. The molecule has 2 fully saturated rings. The summed E-state index contributed by atoms with van der Waals surface area (Å²) in [6, 6.07) is 5.19. The average Bonchev–Trinajstić information content (AvgIpc) is 3.21. The molecule has 2 aromatic heterocycles. The molecule has 0 spiro atoms. The summed E-state index contributed by atoms with van der Waals surface area (Å²) in [5, 5.41) is 11.7. The van der Waals surface area contributed by atoms with Crippen molar-refractivity contribution in [2.75, 3.05) is 12.4 Å².